The Balaban J connectivity index is 1.55. The van der Waals surface area contributed by atoms with Gasteiger partial charge < -0.3 is 14.8 Å². The summed E-state index contributed by atoms with van der Waals surface area (Å²) in [5, 5.41) is 9.58. The molecule has 190 valence electrons. The van der Waals surface area contributed by atoms with Crippen LogP contribution in [-0.2, 0) is 4.74 Å². The van der Waals surface area contributed by atoms with Crippen molar-refractivity contribution in [3.63, 3.8) is 0 Å². The predicted octanol–water partition coefficient (Wildman–Crippen LogP) is 5.55. The van der Waals surface area contributed by atoms with Gasteiger partial charge in [-0.1, -0.05) is 48.5 Å². The summed E-state index contributed by atoms with van der Waals surface area (Å²) in [6.07, 6.45) is 0. The molecule has 5 aromatic rings. The number of methoxy groups -OCH3 is 1. The van der Waals surface area contributed by atoms with Crippen LogP contribution in [0.15, 0.2) is 89.0 Å². The summed E-state index contributed by atoms with van der Waals surface area (Å²) >= 11 is 1.14. The molecule has 8 nitrogen and oxygen atoms in total. The van der Waals surface area contributed by atoms with Crippen LogP contribution in [0.1, 0.15) is 27.8 Å². The fourth-order valence-corrected chi connectivity index (χ4v) is 4.96. The lowest BCUT2D eigenvalue weighted by Gasteiger charge is -2.11. The van der Waals surface area contributed by atoms with Crippen molar-refractivity contribution in [3.05, 3.63) is 106 Å². The molecule has 2 heterocycles. The van der Waals surface area contributed by atoms with Crippen molar-refractivity contribution in [3.8, 4) is 22.6 Å². The maximum absolute atomic E-state index is 13.6. The molecule has 5 rings (SSSR count). The van der Waals surface area contributed by atoms with Crippen molar-refractivity contribution in [2.75, 3.05) is 19.0 Å². The lowest BCUT2D eigenvalue weighted by molar-refractivity contribution is 0.0520. The first-order chi connectivity index (χ1) is 18.5. The van der Waals surface area contributed by atoms with E-state index in [9.17, 15) is 14.4 Å². The normalized spacial score (nSPS) is 10.8. The number of hydrogen-bond acceptors (Lipinski definition) is 7. The van der Waals surface area contributed by atoms with E-state index in [1.165, 1.54) is 7.11 Å². The molecular formula is C29H23N3O5S. The summed E-state index contributed by atoms with van der Waals surface area (Å²) < 4.78 is 11.6. The second-order valence-electron chi connectivity index (χ2n) is 8.24. The Labute approximate surface area is 222 Å². The zero-order valence-electron chi connectivity index (χ0n) is 20.6. The van der Waals surface area contributed by atoms with Crippen LogP contribution in [-0.4, -0.2) is 35.4 Å². The molecule has 0 spiro atoms. The van der Waals surface area contributed by atoms with E-state index in [-0.39, 0.29) is 23.6 Å². The van der Waals surface area contributed by atoms with Crippen LogP contribution in [0.2, 0.25) is 0 Å². The van der Waals surface area contributed by atoms with Gasteiger partial charge in [0.05, 0.1) is 24.8 Å². The van der Waals surface area contributed by atoms with Gasteiger partial charge in [-0.25, -0.2) is 4.79 Å². The monoisotopic (exact) mass is 525 g/mol. The smallest absolute Gasteiger partial charge is 0.359 e. The van der Waals surface area contributed by atoms with Crippen LogP contribution in [0.3, 0.4) is 0 Å². The Bertz CT molecular complexity index is 1690. The van der Waals surface area contributed by atoms with Crippen LogP contribution in [0.4, 0.5) is 5.00 Å². The van der Waals surface area contributed by atoms with Gasteiger partial charge in [0, 0.05) is 22.4 Å². The molecule has 0 fully saturated rings. The second-order valence-corrected chi connectivity index (χ2v) is 9.12. The molecule has 0 radical (unpaired) electrons. The number of benzene rings is 3. The van der Waals surface area contributed by atoms with Gasteiger partial charge in [-0.2, -0.15) is 9.78 Å². The van der Waals surface area contributed by atoms with Gasteiger partial charge in [0.15, 0.2) is 5.69 Å². The molecule has 38 heavy (non-hydrogen) atoms. The van der Waals surface area contributed by atoms with E-state index in [4.69, 9.17) is 9.47 Å². The highest BCUT2D eigenvalue weighted by molar-refractivity contribution is 7.16. The average Bonchev–Trinajstić information content (AvgIpc) is 3.38. The van der Waals surface area contributed by atoms with Gasteiger partial charge in [0.2, 0.25) is 0 Å². The van der Waals surface area contributed by atoms with Gasteiger partial charge in [-0.3, -0.25) is 9.59 Å². The summed E-state index contributed by atoms with van der Waals surface area (Å²) in [6.45, 7) is 1.84. The van der Waals surface area contributed by atoms with E-state index < -0.39 is 11.5 Å². The molecule has 0 atom stereocenters. The first kappa shape index (κ1) is 24.9. The third-order valence-electron chi connectivity index (χ3n) is 5.90. The summed E-state index contributed by atoms with van der Waals surface area (Å²) in [4.78, 5) is 39.5. The summed E-state index contributed by atoms with van der Waals surface area (Å²) in [7, 11) is 1.52. The third-order valence-corrected chi connectivity index (χ3v) is 6.80. The minimum Gasteiger partial charge on any atom is -0.497 e. The van der Waals surface area contributed by atoms with Crippen molar-refractivity contribution in [1.29, 1.82) is 0 Å². The van der Waals surface area contributed by atoms with Gasteiger partial charge in [-0.15, -0.1) is 11.3 Å². The van der Waals surface area contributed by atoms with Crippen molar-refractivity contribution in [2.24, 2.45) is 0 Å². The fraction of sp³-hybridized carbons (Fsp3) is 0.103. The number of anilines is 1. The number of fused-ring (bicyclic) bond motifs is 1. The van der Waals surface area contributed by atoms with Crippen LogP contribution < -0.4 is 15.6 Å². The highest BCUT2D eigenvalue weighted by atomic mass is 32.1. The van der Waals surface area contributed by atoms with Gasteiger partial charge in [0.1, 0.15) is 10.8 Å². The molecule has 2 aromatic heterocycles. The van der Waals surface area contributed by atoms with Gasteiger partial charge in [-0.05, 0) is 42.3 Å². The Morgan fingerprint density at radius 2 is 1.71 bits per heavy atom. The van der Waals surface area contributed by atoms with Crippen molar-refractivity contribution < 1.29 is 19.1 Å². The van der Waals surface area contributed by atoms with Crippen molar-refractivity contribution in [2.45, 2.75) is 6.92 Å². The first-order valence-electron chi connectivity index (χ1n) is 11.8. The predicted molar refractivity (Wildman–Crippen MR) is 148 cm³/mol. The Morgan fingerprint density at radius 1 is 0.974 bits per heavy atom. The maximum Gasteiger partial charge on any atom is 0.359 e. The second kappa shape index (κ2) is 10.7. The van der Waals surface area contributed by atoms with Gasteiger partial charge >= 0.3 is 5.97 Å². The minimum absolute atomic E-state index is 0.0202. The summed E-state index contributed by atoms with van der Waals surface area (Å²) in [5.41, 5.74) is 2.35. The van der Waals surface area contributed by atoms with E-state index >= 15 is 0 Å². The molecule has 0 saturated heterocycles. The Morgan fingerprint density at radius 3 is 2.42 bits per heavy atom. The molecule has 0 bridgehead atoms. The van der Waals surface area contributed by atoms with E-state index in [1.54, 1.807) is 48.7 Å². The van der Waals surface area contributed by atoms with Crippen LogP contribution in [0.25, 0.3) is 27.6 Å². The zero-order chi connectivity index (χ0) is 26.6. The Kier molecular flexibility index (Phi) is 7.01. The molecule has 0 unspecified atom stereocenters. The van der Waals surface area contributed by atoms with Gasteiger partial charge in [0.25, 0.3) is 11.5 Å². The molecule has 9 heteroatoms. The van der Waals surface area contributed by atoms with Crippen molar-refractivity contribution in [1.82, 2.24) is 9.78 Å². The molecule has 0 saturated carbocycles. The lowest BCUT2D eigenvalue weighted by atomic mass is 10.0. The highest BCUT2D eigenvalue weighted by Crippen LogP contribution is 2.31. The number of esters is 1. The number of carbonyl (C=O) groups is 2. The molecule has 1 N–H and O–H groups in total. The van der Waals surface area contributed by atoms with Crippen LogP contribution in [0.5, 0.6) is 5.75 Å². The van der Waals surface area contributed by atoms with E-state index in [0.29, 0.717) is 27.4 Å². The molecule has 3 aromatic carbocycles. The number of hydrogen-bond donors (Lipinski definition) is 1. The van der Waals surface area contributed by atoms with E-state index in [2.05, 4.69) is 10.4 Å². The number of rotatable bonds is 7. The SMILES string of the molecule is CCOC(=O)c1nn(-c2cccc(OC)c2)c(=O)c2c(NC(=O)c3ccc(-c4ccccc4)cc3)scc12. The maximum atomic E-state index is 13.6. The number of nitrogens with zero attached hydrogens (tertiary/aromatic N) is 2. The molecule has 0 aliphatic rings. The number of amides is 1. The highest BCUT2D eigenvalue weighted by Gasteiger charge is 2.23. The number of aromatic nitrogens is 2. The fourth-order valence-electron chi connectivity index (χ4n) is 4.03. The number of thiophene rings is 1. The Hall–Kier alpha value is -4.76. The lowest BCUT2D eigenvalue weighted by Crippen LogP contribution is -2.25. The number of ether oxygens (including phenoxy) is 2. The van der Waals surface area contributed by atoms with E-state index in [0.717, 1.165) is 27.1 Å². The summed E-state index contributed by atoms with van der Waals surface area (Å²) in [6, 6.07) is 23.8. The minimum atomic E-state index is -0.665. The molecular weight excluding hydrogens is 502 g/mol. The summed E-state index contributed by atoms with van der Waals surface area (Å²) in [5.74, 6) is -0.525. The van der Waals surface area contributed by atoms with Crippen LogP contribution >= 0.6 is 11.3 Å². The molecule has 1 amide bonds. The standard InChI is InChI=1S/C29H23N3O5S/c1-3-37-29(35)25-23-17-38-27(24(23)28(34)32(31-25)21-10-7-11-22(16-21)36-2)30-26(33)20-14-12-19(13-15-20)18-8-5-4-6-9-18/h4-17H,3H2,1-2H3,(H,30,33). The third kappa shape index (κ3) is 4.79. The largest absolute Gasteiger partial charge is 0.497 e. The average molecular weight is 526 g/mol. The quantitative estimate of drug-likeness (QED) is 0.280. The first-order valence-corrected chi connectivity index (χ1v) is 12.7. The topological polar surface area (TPSA) is 99.5 Å². The number of carbonyl (C=O) groups excluding carboxylic acids is 2. The van der Waals surface area contributed by atoms with E-state index in [1.807, 2.05) is 42.5 Å². The molecule has 0 aliphatic heterocycles. The van der Waals surface area contributed by atoms with Crippen LogP contribution in [0, 0.1) is 0 Å². The molecule has 0 aliphatic carbocycles. The number of nitrogens with one attached hydrogen (secondary N) is 1. The zero-order valence-corrected chi connectivity index (χ0v) is 21.5. The van der Waals surface area contributed by atoms with Crippen molar-refractivity contribution >= 4 is 39.0 Å².